The van der Waals surface area contributed by atoms with E-state index in [0.717, 1.165) is 38.5 Å². The Labute approximate surface area is 220 Å². The molecule has 2 unspecified atom stereocenters. The van der Waals surface area contributed by atoms with Crippen LogP contribution in [0.1, 0.15) is 43.2 Å². The zero-order valence-electron chi connectivity index (χ0n) is 21.5. The van der Waals surface area contributed by atoms with Crippen LogP contribution < -0.4 is 5.32 Å². The molecule has 37 heavy (non-hydrogen) atoms. The molecule has 1 saturated carbocycles. The fourth-order valence-electron chi connectivity index (χ4n) is 5.61. The third-order valence-electron chi connectivity index (χ3n) is 7.73. The SMILES string of the molecule is O=C(NC(/C=C/C(CO)Cc1ccc2ccccc2c1)Cc1ccc2ccccc2c1)C1CCCCC1. The van der Waals surface area contributed by atoms with E-state index < -0.39 is 0 Å². The molecule has 0 heterocycles. The summed E-state index contributed by atoms with van der Waals surface area (Å²) in [6.07, 6.45) is 11.2. The highest BCUT2D eigenvalue weighted by Gasteiger charge is 2.23. The molecule has 0 spiro atoms. The molecule has 0 bridgehead atoms. The zero-order chi connectivity index (χ0) is 25.5. The number of aliphatic hydroxyl groups excluding tert-OH is 1. The van der Waals surface area contributed by atoms with Gasteiger partial charge in [0.05, 0.1) is 6.04 Å². The molecule has 1 amide bonds. The van der Waals surface area contributed by atoms with Crippen molar-refractivity contribution in [1.82, 2.24) is 5.32 Å². The van der Waals surface area contributed by atoms with Gasteiger partial charge in [0.1, 0.15) is 0 Å². The summed E-state index contributed by atoms with van der Waals surface area (Å²) in [6, 6.07) is 29.7. The Kier molecular flexibility index (Phi) is 8.32. The lowest BCUT2D eigenvalue weighted by molar-refractivity contribution is -0.126. The van der Waals surface area contributed by atoms with E-state index in [9.17, 15) is 9.90 Å². The van der Waals surface area contributed by atoms with Crippen LogP contribution in [0.5, 0.6) is 0 Å². The smallest absolute Gasteiger partial charge is 0.223 e. The molecule has 1 fully saturated rings. The van der Waals surface area contributed by atoms with Gasteiger partial charge in [0.25, 0.3) is 0 Å². The molecule has 3 nitrogen and oxygen atoms in total. The first kappa shape index (κ1) is 25.2. The standard InChI is InChI=1S/C34H37NO2/c36-24-27(20-25-14-17-28-8-4-6-12-31(28)21-25)16-19-33(35-34(37)30-10-2-1-3-11-30)23-26-15-18-29-9-5-7-13-32(29)22-26/h4-9,12-19,21-22,27,30,33,36H,1-3,10-11,20,23-24H2,(H,35,37)/b19-16+. The fourth-order valence-corrected chi connectivity index (χ4v) is 5.61. The van der Waals surface area contributed by atoms with Crippen molar-refractivity contribution in [3.8, 4) is 0 Å². The van der Waals surface area contributed by atoms with Gasteiger partial charge in [-0.3, -0.25) is 4.79 Å². The number of carbonyl (C=O) groups excluding carboxylic acids is 1. The number of carbonyl (C=O) groups is 1. The van der Waals surface area contributed by atoms with Gasteiger partial charge < -0.3 is 10.4 Å². The molecule has 2 atom stereocenters. The summed E-state index contributed by atoms with van der Waals surface area (Å²) in [5, 5.41) is 18.4. The maximum atomic E-state index is 13.1. The second-order valence-electron chi connectivity index (χ2n) is 10.5. The van der Waals surface area contributed by atoms with E-state index in [1.54, 1.807) is 0 Å². The van der Waals surface area contributed by atoms with Crippen LogP contribution in [0.2, 0.25) is 0 Å². The average Bonchev–Trinajstić information content (AvgIpc) is 2.95. The average molecular weight is 492 g/mol. The van der Waals surface area contributed by atoms with E-state index >= 15 is 0 Å². The van der Waals surface area contributed by atoms with Gasteiger partial charge in [-0.1, -0.05) is 116 Å². The number of amides is 1. The lowest BCUT2D eigenvalue weighted by Crippen LogP contribution is -2.39. The Hall–Kier alpha value is -3.43. The minimum atomic E-state index is -0.110. The molecular formula is C34H37NO2. The van der Waals surface area contributed by atoms with E-state index in [0.29, 0.717) is 0 Å². The quantitative estimate of drug-likeness (QED) is 0.248. The van der Waals surface area contributed by atoms with Gasteiger partial charge in [0.2, 0.25) is 5.91 Å². The van der Waals surface area contributed by atoms with Crippen LogP contribution >= 0.6 is 0 Å². The zero-order valence-corrected chi connectivity index (χ0v) is 21.5. The molecule has 1 aliphatic rings. The molecule has 5 rings (SSSR count). The van der Waals surface area contributed by atoms with E-state index in [1.165, 1.54) is 39.1 Å². The van der Waals surface area contributed by atoms with Crippen LogP contribution in [-0.2, 0) is 17.6 Å². The van der Waals surface area contributed by atoms with Gasteiger partial charge in [-0.05, 0) is 58.4 Å². The first-order valence-corrected chi connectivity index (χ1v) is 13.7. The largest absolute Gasteiger partial charge is 0.396 e. The Morgan fingerprint density at radius 3 is 1.92 bits per heavy atom. The normalized spacial score (nSPS) is 16.2. The fraction of sp³-hybridized carbons (Fsp3) is 0.324. The van der Waals surface area contributed by atoms with Crippen LogP contribution in [0.25, 0.3) is 21.5 Å². The monoisotopic (exact) mass is 491 g/mol. The van der Waals surface area contributed by atoms with Crippen LogP contribution in [-0.4, -0.2) is 23.7 Å². The summed E-state index contributed by atoms with van der Waals surface area (Å²) in [5.74, 6) is 0.282. The van der Waals surface area contributed by atoms with Crippen LogP contribution in [0.4, 0.5) is 0 Å². The van der Waals surface area contributed by atoms with Gasteiger partial charge in [-0.15, -0.1) is 0 Å². The van der Waals surface area contributed by atoms with Gasteiger partial charge in [-0.2, -0.15) is 0 Å². The highest BCUT2D eigenvalue weighted by molar-refractivity contribution is 5.84. The van der Waals surface area contributed by atoms with Crippen molar-refractivity contribution < 1.29 is 9.90 Å². The Bertz CT molecular complexity index is 1370. The topological polar surface area (TPSA) is 49.3 Å². The third-order valence-corrected chi connectivity index (χ3v) is 7.73. The summed E-state index contributed by atoms with van der Waals surface area (Å²) >= 11 is 0. The van der Waals surface area contributed by atoms with Crippen LogP contribution in [0.3, 0.4) is 0 Å². The Morgan fingerprint density at radius 2 is 1.32 bits per heavy atom. The first-order valence-electron chi connectivity index (χ1n) is 13.7. The van der Waals surface area contributed by atoms with Crippen molar-refractivity contribution in [3.63, 3.8) is 0 Å². The highest BCUT2D eigenvalue weighted by atomic mass is 16.3. The highest BCUT2D eigenvalue weighted by Crippen LogP contribution is 2.25. The van der Waals surface area contributed by atoms with Crippen molar-refractivity contribution in [2.45, 2.75) is 51.0 Å². The number of aliphatic hydroxyl groups is 1. The number of fused-ring (bicyclic) bond motifs is 2. The van der Waals surface area contributed by atoms with Gasteiger partial charge in [0, 0.05) is 18.4 Å². The molecule has 0 aliphatic heterocycles. The summed E-state index contributed by atoms with van der Waals surface area (Å²) in [5.41, 5.74) is 2.41. The van der Waals surface area contributed by atoms with Crippen LogP contribution in [0, 0.1) is 11.8 Å². The van der Waals surface area contributed by atoms with Gasteiger partial charge in [-0.25, -0.2) is 0 Å². The van der Waals surface area contributed by atoms with E-state index in [1.807, 2.05) is 0 Å². The van der Waals surface area contributed by atoms with Crippen molar-refractivity contribution in [2.24, 2.45) is 11.8 Å². The lowest BCUT2D eigenvalue weighted by Gasteiger charge is -2.24. The maximum absolute atomic E-state index is 13.1. The first-order chi connectivity index (χ1) is 18.2. The molecule has 0 aromatic heterocycles. The number of benzene rings is 4. The van der Waals surface area contributed by atoms with E-state index in [-0.39, 0.29) is 30.4 Å². The summed E-state index contributed by atoms with van der Waals surface area (Å²) < 4.78 is 0. The maximum Gasteiger partial charge on any atom is 0.223 e. The number of nitrogens with one attached hydrogen (secondary N) is 1. The second kappa shape index (κ2) is 12.2. The number of rotatable bonds is 9. The minimum Gasteiger partial charge on any atom is -0.396 e. The molecule has 0 radical (unpaired) electrons. The van der Waals surface area contributed by atoms with Crippen molar-refractivity contribution >= 4 is 27.5 Å². The molecule has 0 saturated heterocycles. The van der Waals surface area contributed by atoms with Gasteiger partial charge in [0.15, 0.2) is 0 Å². The summed E-state index contributed by atoms with van der Waals surface area (Å²) in [4.78, 5) is 13.1. The molecule has 2 N–H and O–H groups in total. The number of hydrogen-bond donors (Lipinski definition) is 2. The van der Waals surface area contributed by atoms with E-state index in [2.05, 4.69) is 102 Å². The Morgan fingerprint density at radius 1 is 0.757 bits per heavy atom. The molecule has 1 aliphatic carbocycles. The predicted octanol–water partition coefficient (Wildman–Crippen LogP) is 7.01. The third kappa shape index (κ3) is 6.67. The molecule has 4 aromatic rings. The number of hydrogen-bond acceptors (Lipinski definition) is 2. The minimum absolute atomic E-state index is 0.00755. The predicted molar refractivity (Wildman–Crippen MR) is 154 cm³/mol. The van der Waals surface area contributed by atoms with Gasteiger partial charge >= 0.3 is 0 Å². The van der Waals surface area contributed by atoms with Crippen LogP contribution in [0.15, 0.2) is 97.1 Å². The lowest BCUT2D eigenvalue weighted by atomic mass is 9.88. The molecule has 3 heteroatoms. The Balaban J connectivity index is 1.33. The van der Waals surface area contributed by atoms with Crippen molar-refractivity contribution in [1.29, 1.82) is 0 Å². The van der Waals surface area contributed by atoms with Crippen molar-refractivity contribution in [3.05, 3.63) is 108 Å². The van der Waals surface area contributed by atoms with Crippen molar-refractivity contribution in [2.75, 3.05) is 6.61 Å². The molecule has 4 aromatic carbocycles. The van der Waals surface area contributed by atoms with E-state index in [4.69, 9.17) is 0 Å². The summed E-state index contributed by atoms with van der Waals surface area (Å²) in [6.45, 7) is 0.0720. The second-order valence-corrected chi connectivity index (χ2v) is 10.5. The summed E-state index contributed by atoms with van der Waals surface area (Å²) in [7, 11) is 0. The molecule has 190 valence electrons. The molecular weight excluding hydrogens is 454 g/mol.